The van der Waals surface area contributed by atoms with Crippen LogP contribution >= 0.6 is 0 Å². The molecule has 6 heteroatoms. The number of sulfonamides is 1. The molecule has 0 radical (unpaired) electrons. The topological polar surface area (TPSA) is 49.4 Å². The van der Waals surface area contributed by atoms with E-state index < -0.39 is 10.0 Å². The first-order chi connectivity index (χ1) is 12.9. The molecule has 2 aromatic carbocycles. The molecule has 0 amide bonds. The summed E-state index contributed by atoms with van der Waals surface area (Å²) in [6.45, 7) is 2.55. The zero-order valence-corrected chi connectivity index (χ0v) is 16.3. The van der Waals surface area contributed by atoms with Crippen molar-refractivity contribution < 1.29 is 12.8 Å². The standard InChI is InChI=1S/C21H25FN2O2S/c1-27(25,26)23-14-16-6-7-17-13-21(24-8-3-9-24)20(19(17)12-16)11-15-4-2-5-18(22)10-15/h2,4-7,10,12,20-21,23H,3,8-9,11,13-14H2,1H3. The molecular formula is C21H25FN2O2S. The van der Waals surface area contributed by atoms with Crippen LogP contribution in [0.15, 0.2) is 42.5 Å². The number of fused-ring (bicyclic) bond motifs is 1. The summed E-state index contributed by atoms with van der Waals surface area (Å²) in [4.78, 5) is 2.53. The highest BCUT2D eigenvalue weighted by Gasteiger charge is 2.38. The fourth-order valence-corrected chi connectivity index (χ4v) is 4.72. The molecule has 0 bridgehead atoms. The van der Waals surface area contributed by atoms with Gasteiger partial charge in [0, 0.05) is 18.5 Å². The molecule has 2 aromatic rings. The van der Waals surface area contributed by atoms with E-state index in [-0.39, 0.29) is 5.82 Å². The normalized spacial score (nSPS) is 22.4. The quantitative estimate of drug-likeness (QED) is 0.828. The zero-order valence-electron chi connectivity index (χ0n) is 15.5. The molecule has 1 saturated heterocycles. The number of benzene rings is 2. The van der Waals surface area contributed by atoms with Crippen LogP contribution in [0.3, 0.4) is 0 Å². The number of hydrogen-bond donors (Lipinski definition) is 1. The SMILES string of the molecule is CS(=O)(=O)NCc1ccc2c(c1)C(Cc1cccc(F)c1)C(N1CCC1)C2. The van der Waals surface area contributed by atoms with Crippen molar-refractivity contribution >= 4 is 10.0 Å². The lowest BCUT2D eigenvalue weighted by Crippen LogP contribution is -2.47. The van der Waals surface area contributed by atoms with Crippen molar-refractivity contribution in [2.24, 2.45) is 0 Å². The number of hydrogen-bond acceptors (Lipinski definition) is 3. The van der Waals surface area contributed by atoms with Gasteiger partial charge in [0.25, 0.3) is 0 Å². The fraction of sp³-hybridized carbons (Fsp3) is 0.429. The first-order valence-corrected chi connectivity index (χ1v) is 11.3. The first kappa shape index (κ1) is 18.6. The Bertz CT molecular complexity index is 941. The van der Waals surface area contributed by atoms with Crippen LogP contribution in [0.4, 0.5) is 4.39 Å². The largest absolute Gasteiger partial charge is 0.299 e. The summed E-state index contributed by atoms with van der Waals surface area (Å²) < 4.78 is 39.1. The summed E-state index contributed by atoms with van der Waals surface area (Å²) in [5.41, 5.74) is 4.59. The van der Waals surface area contributed by atoms with Gasteiger partial charge in [-0.2, -0.15) is 0 Å². The van der Waals surface area contributed by atoms with Crippen molar-refractivity contribution in [2.75, 3.05) is 19.3 Å². The van der Waals surface area contributed by atoms with E-state index >= 15 is 0 Å². The van der Waals surface area contributed by atoms with Crippen LogP contribution in [0.5, 0.6) is 0 Å². The predicted molar refractivity (Wildman–Crippen MR) is 105 cm³/mol. The van der Waals surface area contributed by atoms with Crippen molar-refractivity contribution in [3.8, 4) is 0 Å². The van der Waals surface area contributed by atoms with Crippen LogP contribution < -0.4 is 4.72 Å². The molecule has 2 aliphatic rings. The average Bonchev–Trinajstić information content (AvgIpc) is 2.88. The van der Waals surface area contributed by atoms with E-state index in [0.717, 1.165) is 37.1 Å². The van der Waals surface area contributed by atoms with Gasteiger partial charge in [-0.05, 0) is 66.7 Å². The minimum atomic E-state index is -3.22. The summed E-state index contributed by atoms with van der Waals surface area (Å²) >= 11 is 0. The minimum absolute atomic E-state index is 0.197. The smallest absolute Gasteiger partial charge is 0.209 e. The molecule has 4 nitrogen and oxygen atoms in total. The van der Waals surface area contributed by atoms with E-state index in [1.807, 2.05) is 12.1 Å². The maximum absolute atomic E-state index is 13.7. The van der Waals surface area contributed by atoms with Gasteiger partial charge < -0.3 is 0 Å². The minimum Gasteiger partial charge on any atom is -0.299 e. The molecule has 2 atom stereocenters. The number of likely N-dealkylation sites (tertiary alicyclic amines) is 1. The van der Waals surface area contributed by atoms with Gasteiger partial charge in [0.15, 0.2) is 0 Å². The number of halogens is 1. The van der Waals surface area contributed by atoms with Crippen LogP contribution in [-0.4, -0.2) is 38.7 Å². The highest BCUT2D eigenvalue weighted by Crippen LogP contribution is 2.40. The van der Waals surface area contributed by atoms with E-state index in [9.17, 15) is 12.8 Å². The van der Waals surface area contributed by atoms with E-state index in [1.165, 1.54) is 29.9 Å². The van der Waals surface area contributed by atoms with Crippen molar-refractivity contribution in [3.63, 3.8) is 0 Å². The van der Waals surface area contributed by atoms with Gasteiger partial charge in [0.05, 0.1) is 6.26 Å². The lowest BCUT2D eigenvalue weighted by Gasteiger charge is -2.39. The third kappa shape index (κ3) is 4.23. The van der Waals surface area contributed by atoms with E-state index in [2.05, 4.69) is 21.8 Å². The van der Waals surface area contributed by atoms with Gasteiger partial charge in [0.2, 0.25) is 10.0 Å². The molecular weight excluding hydrogens is 363 g/mol. The van der Waals surface area contributed by atoms with Crippen LogP contribution in [0.2, 0.25) is 0 Å². The van der Waals surface area contributed by atoms with E-state index in [0.29, 0.717) is 18.5 Å². The van der Waals surface area contributed by atoms with Crippen LogP contribution in [0.25, 0.3) is 0 Å². The Kier molecular flexibility index (Phi) is 5.05. The zero-order chi connectivity index (χ0) is 19.0. The maximum Gasteiger partial charge on any atom is 0.209 e. The number of nitrogens with one attached hydrogen (secondary N) is 1. The maximum atomic E-state index is 13.7. The summed E-state index contributed by atoms with van der Waals surface area (Å²) in [5, 5.41) is 0. The molecule has 1 aliphatic heterocycles. The summed E-state index contributed by atoms with van der Waals surface area (Å²) in [6, 6.07) is 13.6. The van der Waals surface area contributed by atoms with Gasteiger partial charge in [-0.25, -0.2) is 17.5 Å². The fourth-order valence-electron chi connectivity index (χ4n) is 4.29. The molecule has 4 rings (SSSR count). The molecule has 144 valence electrons. The molecule has 0 saturated carbocycles. The van der Waals surface area contributed by atoms with Crippen molar-refractivity contribution in [2.45, 2.75) is 37.8 Å². The second-order valence-corrected chi connectivity index (χ2v) is 9.56. The van der Waals surface area contributed by atoms with E-state index in [4.69, 9.17) is 0 Å². The van der Waals surface area contributed by atoms with E-state index in [1.54, 1.807) is 12.1 Å². The highest BCUT2D eigenvalue weighted by molar-refractivity contribution is 7.88. The van der Waals surface area contributed by atoms with Gasteiger partial charge >= 0.3 is 0 Å². The Morgan fingerprint density at radius 2 is 1.96 bits per heavy atom. The highest BCUT2D eigenvalue weighted by atomic mass is 32.2. The monoisotopic (exact) mass is 388 g/mol. The summed E-state index contributed by atoms with van der Waals surface area (Å²) in [5.74, 6) is 0.109. The Labute approximate surface area is 160 Å². The van der Waals surface area contributed by atoms with Gasteiger partial charge in [-0.15, -0.1) is 0 Å². The average molecular weight is 389 g/mol. The van der Waals surface area contributed by atoms with Gasteiger partial charge in [0.1, 0.15) is 5.82 Å². The third-order valence-corrected chi connectivity index (χ3v) is 6.41. The van der Waals surface area contributed by atoms with Gasteiger partial charge in [-0.3, -0.25) is 4.90 Å². The van der Waals surface area contributed by atoms with Crippen molar-refractivity contribution in [1.82, 2.24) is 9.62 Å². The molecule has 0 aromatic heterocycles. The second kappa shape index (κ2) is 7.34. The summed E-state index contributed by atoms with van der Waals surface area (Å²) in [7, 11) is -3.22. The van der Waals surface area contributed by atoms with Crippen molar-refractivity contribution in [1.29, 1.82) is 0 Å². The summed E-state index contributed by atoms with van der Waals surface area (Å²) in [6.07, 6.45) is 4.22. The third-order valence-electron chi connectivity index (χ3n) is 5.75. The van der Waals surface area contributed by atoms with Crippen LogP contribution in [0, 0.1) is 5.82 Å². The predicted octanol–water partition coefficient (Wildman–Crippen LogP) is 2.83. The lowest BCUT2D eigenvalue weighted by atomic mass is 9.88. The van der Waals surface area contributed by atoms with Gasteiger partial charge in [-0.1, -0.05) is 30.3 Å². The lowest BCUT2D eigenvalue weighted by molar-refractivity contribution is 0.106. The Morgan fingerprint density at radius 3 is 2.63 bits per heavy atom. The number of nitrogens with zero attached hydrogens (tertiary/aromatic N) is 1. The molecule has 1 aliphatic carbocycles. The molecule has 0 spiro atoms. The number of rotatable bonds is 6. The molecule has 27 heavy (non-hydrogen) atoms. The van der Waals surface area contributed by atoms with Crippen molar-refractivity contribution in [3.05, 3.63) is 70.5 Å². The Balaban J connectivity index is 1.62. The first-order valence-electron chi connectivity index (χ1n) is 9.44. The Morgan fingerprint density at radius 1 is 1.15 bits per heavy atom. The molecule has 1 heterocycles. The van der Waals surface area contributed by atoms with Crippen LogP contribution in [0.1, 0.15) is 34.6 Å². The molecule has 1 N–H and O–H groups in total. The molecule has 1 fully saturated rings. The Hall–Kier alpha value is -1.76. The second-order valence-electron chi connectivity index (χ2n) is 7.73. The molecule has 2 unspecified atom stereocenters. The van der Waals surface area contributed by atoms with Crippen LogP contribution in [-0.2, 0) is 29.4 Å².